The molecule has 16 heavy (non-hydrogen) atoms. The van der Waals surface area contributed by atoms with Crippen LogP contribution in [0.4, 0.5) is 4.39 Å². The molecule has 1 aromatic heterocycles. The molecular formula is C13H11FN2. The van der Waals surface area contributed by atoms with Crippen LogP contribution in [0.3, 0.4) is 0 Å². The van der Waals surface area contributed by atoms with Crippen molar-refractivity contribution < 1.29 is 4.39 Å². The third-order valence-corrected chi connectivity index (χ3v) is 2.64. The van der Waals surface area contributed by atoms with Crippen LogP contribution in [0, 0.1) is 31.0 Å². The summed E-state index contributed by atoms with van der Waals surface area (Å²) in [5.74, 6) is -0.284. The number of nitriles is 1. The maximum atomic E-state index is 13.6. The number of aryl methyl sites for hydroxylation is 1. The predicted octanol–water partition coefficient (Wildman–Crippen LogP) is 3.10. The van der Waals surface area contributed by atoms with E-state index in [1.54, 1.807) is 28.8 Å². The Morgan fingerprint density at radius 2 is 1.94 bits per heavy atom. The van der Waals surface area contributed by atoms with E-state index in [-0.39, 0.29) is 5.82 Å². The molecule has 0 aliphatic carbocycles. The van der Waals surface area contributed by atoms with Crippen molar-refractivity contribution in [3.63, 3.8) is 0 Å². The summed E-state index contributed by atoms with van der Waals surface area (Å²) in [6.45, 7) is 3.68. The number of hydrogen-bond acceptors (Lipinski definition) is 1. The van der Waals surface area contributed by atoms with Crippen LogP contribution in [-0.2, 0) is 0 Å². The summed E-state index contributed by atoms with van der Waals surface area (Å²) >= 11 is 0. The SMILES string of the molecule is Cc1cc(C#N)c(C)n1-c1ccccc1F. The molecule has 0 aliphatic heterocycles. The van der Waals surface area contributed by atoms with Crippen molar-refractivity contribution >= 4 is 0 Å². The lowest BCUT2D eigenvalue weighted by atomic mass is 10.2. The molecule has 0 radical (unpaired) electrons. The molecule has 0 fully saturated rings. The largest absolute Gasteiger partial charge is 0.314 e. The molecule has 0 atom stereocenters. The van der Waals surface area contributed by atoms with Gasteiger partial charge in [0, 0.05) is 11.4 Å². The Morgan fingerprint density at radius 1 is 1.25 bits per heavy atom. The van der Waals surface area contributed by atoms with E-state index < -0.39 is 0 Å². The van der Waals surface area contributed by atoms with E-state index in [1.807, 2.05) is 13.8 Å². The fourth-order valence-electron chi connectivity index (χ4n) is 1.88. The zero-order chi connectivity index (χ0) is 11.7. The molecule has 0 bridgehead atoms. The molecule has 0 unspecified atom stereocenters. The summed E-state index contributed by atoms with van der Waals surface area (Å²) in [6.07, 6.45) is 0. The van der Waals surface area contributed by atoms with Crippen LogP contribution < -0.4 is 0 Å². The minimum Gasteiger partial charge on any atom is -0.314 e. The van der Waals surface area contributed by atoms with Gasteiger partial charge in [0.15, 0.2) is 0 Å². The summed E-state index contributed by atoms with van der Waals surface area (Å²) in [4.78, 5) is 0. The van der Waals surface area contributed by atoms with Crippen molar-refractivity contribution in [2.75, 3.05) is 0 Å². The van der Waals surface area contributed by atoms with Gasteiger partial charge in [0.2, 0.25) is 0 Å². The molecule has 0 saturated heterocycles. The van der Waals surface area contributed by atoms with E-state index in [1.165, 1.54) is 6.07 Å². The molecule has 2 nitrogen and oxygen atoms in total. The predicted molar refractivity (Wildman–Crippen MR) is 59.9 cm³/mol. The molecule has 80 valence electrons. The number of aromatic nitrogens is 1. The van der Waals surface area contributed by atoms with Gasteiger partial charge < -0.3 is 4.57 Å². The Morgan fingerprint density at radius 3 is 2.50 bits per heavy atom. The molecule has 1 aromatic carbocycles. The molecule has 0 N–H and O–H groups in total. The minimum atomic E-state index is -0.284. The maximum Gasteiger partial charge on any atom is 0.147 e. The van der Waals surface area contributed by atoms with Crippen molar-refractivity contribution in [2.24, 2.45) is 0 Å². The third-order valence-electron chi connectivity index (χ3n) is 2.64. The van der Waals surface area contributed by atoms with Crippen LogP contribution in [-0.4, -0.2) is 4.57 Å². The Bertz CT molecular complexity index is 576. The van der Waals surface area contributed by atoms with E-state index in [4.69, 9.17) is 5.26 Å². The van der Waals surface area contributed by atoms with Crippen molar-refractivity contribution in [1.29, 1.82) is 5.26 Å². The smallest absolute Gasteiger partial charge is 0.147 e. The first-order valence-corrected chi connectivity index (χ1v) is 4.99. The van der Waals surface area contributed by atoms with Gasteiger partial charge in [-0.05, 0) is 32.0 Å². The third kappa shape index (κ3) is 1.49. The summed E-state index contributed by atoms with van der Waals surface area (Å²) in [6, 6.07) is 10.4. The maximum absolute atomic E-state index is 13.6. The second kappa shape index (κ2) is 3.82. The van der Waals surface area contributed by atoms with E-state index in [2.05, 4.69) is 6.07 Å². The van der Waals surface area contributed by atoms with Gasteiger partial charge in [-0.2, -0.15) is 5.26 Å². The topological polar surface area (TPSA) is 28.7 Å². The number of para-hydroxylation sites is 1. The van der Waals surface area contributed by atoms with Gasteiger partial charge in [0.05, 0.1) is 11.3 Å². The molecule has 0 aliphatic rings. The van der Waals surface area contributed by atoms with Crippen molar-refractivity contribution in [1.82, 2.24) is 4.57 Å². The van der Waals surface area contributed by atoms with Gasteiger partial charge in [0.1, 0.15) is 11.9 Å². The first kappa shape index (κ1) is 10.4. The lowest BCUT2D eigenvalue weighted by Crippen LogP contribution is -2.01. The highest BCUT2D eigenvalue weighted by atomic mass is 19.1. The fraction of sp³-hybridized carbons (Fsp3) is 0.154. The van der Waals surface area contributed by atoms with Gasteiger partial charge in [-0.1, -0.05) is 12.1 Å². The van der Waals surface area contributed by atoms with Crippen LogP contribution >= 0.6 is 0 Å². The summed E-state index contributed by atoms with van der Waals surface area (Å²) in [5.41, 5.74) is 2.70. The van der Waals surface area contributed by atoms with E-state index >= 15 is 0 Å². The minimum absolute atomic E-state index is 0.284. The lowest BCUT2D eigenvalue weighted by Gasteiger charge is -2.09. The highest BCUT2D eigenvalue weighted by Gasteiger charge is 2.12. The van der Waals surface area contributed by atoms with Crippen molar-refractivity contribution in [3.05, 3.63) is 53.1 Å². The average molecular weight is 214 g/mol. The van der Waals surface area contributed by atoms with Gasteiger partial charge >= 0.3 is 0 Å². The average Bonchev–Trinajstić information content (AvgIpc) is 2.55. The molecule has 0 saturated carbocycles. The molecule has 2 rings (SSSR count). The fourth-order valence-corrected chi connectivity index (χ4v) is 1.88. The number of benzene rings is 1. The molecule has 1 heterocycles. The first-order chi connectivity index (χ1) is 7.65. The molecule has 0 spiro atoms. The standard InChI is InChI=1S/C13H11FN2/c1-9-7-11(8-15)10(2)16(9)13-6-4-3-5-12(13)14/h3-7H,1-2H3. The van der Waals surface area contributed by atoms with Crippen molar-refractivity contribution in [3.8, 4) is 11.8 Å². The second-order valence-electron chi connectivity index (χ2n) is 3.68. The first-order valence-electron chi connectivity index (χ1n) is 4.99. The van der Waals surface area contributed by atoms with Crippen LogP contribution in [0.1, 0.15) is 17.0 Å². The summed E-state index contributed by atoms with van der Waals surface area (Å²) in [5, 5.41) is 8.92. The monoisotopic (exact) mass is 214 g/mol. The lowest BCUT2D eigenvalue weighted by molar-refractivity contribution is 0.615. The zero-order valence-corrected chi connectivity index (χ0v) is 9.16. The molecule has 3 heteroatoms. The van der Waals surface area contributed by atoms with E-state index in [0.29, 0.717) is 11.3 Å². The normalized spacial score (nSPS) is 10.1. The summed E-state index contributed by atoms with van der Waals surface area (Å²) < 4.78 is 15.4. The van der Waals surface area contributed by atoms with Gasteiger partial charge in [-0.25, -0.2) is 4.39 Å². The van der Waals surface area contributed by atoms with Gasteiger partial charge in [0.25, 0.3) is 0 Å². The zero-order valence-electron chi connectivity index (χ0n) is 9.16. The number of nitrogens with zero attached hydrogens (tertiary/aromatic N) is 2. The Balaban J connectivity index is 2.71. The Hall–Kier alpha value is -2.08. The number of rotatable bonds is 1. The molecule has 0 amide bonds. The number of hydrogen-bond donors (Lipinski definition) is 0. The van der Waals surface area contributed by atoms with Gasteiger partial charge in [-0.3, -0.25) is 0 Å². The van der Waals surface area contributed by atoms with Crippen LogP contribution in [0.5, 0.6) is 0 Å². The van der Waals surface area contributed by atoms with Crippen LogP contribution in [0.2, 0.25) is 0 Å². The summed E-state index contributed by atoms with van der Waals surface area (Å²) in [7, 11) is 0. The Kier molecular flexibility index (Phi) is 2.49. The Labute approximate surface area is 93.6 Å². The van der Waals surface area contributed by atoms with E-state index in [9.17, 15) is 4.39 Å². The molecule has 2 aromatic rings. The quantitative estimate of drug-likeness (QED) is 0.717. The van der Waals surface area contributed by atoms with Crippen LogP contribution in [0.15, 0.2) is 30.3 Å². The van der Waals surface area contributed by atoms with Gasteiger partial charge in [-0.15, -0.1) is 0 Å². The highest BCUT2D eigenvalue weighted by Crippen LogP contribution is 2.21. The van der Waals surface area contributed by atoms with Crippen molar-refractivity contribution in [2.45, 2.75) is 13.8 Å². The van der Waals surface area contributed by atoms with E-state index in [0.717, 1.165) is 11.4 Å². The van der Waals surface area contributed by atoms with Crippen LogP contribution in [0.25, 0.3) is 5.69 Å². The number of halogens is 1. The second-order valence-corrected chi connectivity index (χ2v) is 3.68. The molecular weight excluding hydrogens is 203 g/mol. The highest BCUT2D eigenvalue weighted by molar-refractivity contribution is 5.45.